The fraction of sp³-hybridized carbons (Fsp3) is 0.500. The van der Waals surface area contributed by atoms with Gasteiger partial charge in [-0.2, -0.15) is 0 Å². The predicted octanol–water partition coefficient (Wildman–Crippen LogP) is 0.923. The summed E-state index contributed by atoms with van der Waals surface area (Å²) in [7, 11) is 0. The Bertz CT molecular complexity index is 897. The topological polar surface area (TPSA) is 132 Å². The Morgan fingerprint density at radius 3 is 1.82 bits per heavy atom. The van der Waals surface area contributed by atoms with E-state index in [-0.39, 0.29) is 11.3 Å². The van der Waals surface area contributed by atoms with E-state index in [1.165, 1.54) is 6.92 Å². The van der Waals surface area contributed by atoms with Crippen molar-refractivity contribution in [3.05, 3.63) is 35.4 Å². The Morgan fingerprint density at radius 1 is 0.788 bits per heavy atom. The van der Waals surface area contributed by atoms with E-state index in [1.54, 1.807) is 24.3 Å². The molecule has 0 aromatic heterocycles. The Balaban J connectivity index is 2.42. The third kappa shape index (κ3) is 7.96. The number of rotatable bonds is 8. The molecule has 11 heteroatoms. The van der Waals surface area contributed by atoms with E-state index in [0.29, 0.717) is 5.56 Å². The summed E-state index contributed by atoms with van der Waals surface area (Å²) in [5, 5.41) is -1.01. The van der Waals surface area contributed by atoms with Gasteiger partial charge in [-0.05, 0) is 0 Å². The van der Waals surface area contributed by atoms with Crippen molar-refractivity contribution in [2.45, 2.75) is 64.0 Å². The van der Waals surface area contributed by atoms with Crippen LogP contribution in [0.4, 0.5) is 0 Å². The molecule has 1 aromatic rings. The van der Waals surface area contributed by atoms with Crippen LogP contribution >= 0.6 is 0 Å². The zero-order valence-electron chi connectivity index (χ0n) is 18.9. The number of carbonyl (C=O) groups is 5. The van der Waals surface area contributed by atoms with Gasteiger partial charge in [-0.15, -0.1) is 0 Å². The molecular formula is C22H26O10Se. The first-order valence-corrected chi connectivity index (χ1v) is 11.9. The second-order valence-corrected chi connectivity index (χ2v) is 9.59. The van der Waals surface area contributed by atoms with Gasteiger partial charge >= 0.3 is 197 Å². The maximum atomic E-state index is 12.9. The second kappa shape index (κ2) is 11.9. The van der Waals surface area contributed by atoms with Gasteiger partial charge in [-0.25, -0.2) is 0 Å². The Labute approximate surface area is 197 Å². The number of ether oxygens (including phenoxy) is 5. The predicted molar refractivity (Wildman–Crippen MR) is 113 cm³/mol. The first kappa shape index (κ1) is 26.5. The van der Waals surface area contributed by atoms with Gasteiger partial charge in [0.2, 0.25) is 0 Å². The van der Waals surface area contributed by atoms with Crippen LogP contribution < -0.4 is 0 Å². The number of hydrogen-bond acceptors (Lipinski definition) is 10. The molecule has 0 aliphatic carbocycles. The molecule has 1 aliphatic heterocycles. The van der Waals surface area contributed by atoms with Crippen LogP contribution in [0.25, 0.3) is 0 Å². The van der Waals surface area contributed by atoms with E-state index in [0.717, 1.165) is 26.3 Å². The maximum absolute atomic E-state index is 12.9. The van der Waals surface area contributed by atoms with Gasteiger partial charge in [0.05, 0.1) is 0 Å². The quantitative estimate of drug-likeness (QED) is 0.272. The third-order valence-corrected chi connectivity index (χ3v) is 6.69. The molecular weight excluding hydrogens is 503 g/mol. The van der Waals surface area contributed by atoms with Gasteiger partial charge in [0.1, 0.15) is 0 Å². The van der Waals surface area contributed by atoms with E-state index in [4.69, 9.17) is 23.7 Å². The number of esters is 4. The molecule has 33 heavy (non-hydrogen) atoms. The van der Waals surface area contributed by atoms with Crippen molar-refractivity contribution in [3.8, 4) is 0 Å². The van der Waals surface area contributed by atoms with Crippen molar-refractivity contribution in [2.75, 3.05) is 6.61 Å². The van der Waals surface area contributed by atoms with Crippen molar-refractivity contribution < 1.29 is 47.7 Å². The van der Waals surface area contributed by atoms with Crippen molar-refractivity contribution in [1.82, 2.24) is 0 Å². The number of carbonyl (C=O) groups excluding carboxylic acids is 5. The van der Waals surface area contributed by atoms with Gasteiger partial charge in [-0.1, -0.05) is 0 Å². The van der Waals surface area contributed by atoms with Crippen molar-refractivity contribution >= 4 is 43.5 Å². The molecule has 1 fully saturated rings. The van der Waals surface area contributed by atoms with Gasteiger partial charge in [0.25, 0.3) is 0 Å². The first-order valence-electron chi connectivity index (χ1n) is 10.1. The van der Waals surface area contributed by atoms with E-state index in [9.17, 15) is 24.0 Å². The number of hydrogen-bond donors (Lipinski definition) is 0. The molecule has 1 saturated heterocycles. The normalized spacial score (nSPS) is 24.3. The summed E-state index contributed by atoms with van der Waals surface area (Å²) in [6, 6.07) is 6.92. The molecule has 5 atom stereocenters. The summed E-state index contributed by atoms with van der Waals surface area (Å²) in [6.07, 6.45) is -4.80. The van der Waals surface area contributed by atoms with Crippen molar-refractivity contribution in [3.63, 3.8) is 0 Å². The molecule has 0 saturated carbocycles. The molecule has 0 spiro atoms. The molecule has 0 unspecified atom stereocenters. The van der Waals surface area contributed by atoms with Crippen LogP contribution in [0.15, 0.2) is 24.3 Å². The van der Waals surface area contributed by atoms with Gasteiger partial charge in [0.15, 0.2) is 0 Å². The zero-order chi connectivity index (χ0) is 24.7. The SMILES string of the molecule is CC(=O)OC[C@H]1O[C@H]([Se]C(=O)c2ccc(C)cc2)[C@H](OC(C)=O)[C@@H](OC(C)=O)[C@@H]1OC(C)=O. The summed E-state index contributed by atoms with van der Waals surface area (Å²) in [4.78, 5) is 59.7. The molecule has 0 N–H and O–H groups in total. The number of aryl methyl sites for hydroxylation is 1. The molecule has 1 aliphatic rings. The third-order valence-electron chi connectivity index (χ3n) is 4.46. The molecule has 180 valence electrons. The summed E-state index contributed by atoms with van der Waals surface area (Å²) >= 11 is -0.941. The van der Waals surface area contributed by atoms with Gasteiger partial charge in [-0.3, -0.25) is 0 Å². The fourth-order valence-electron chi connectivity index (χ4n) is 3.15. The Hall–Kier alpha value is -2.75. The fourth-order valence-corrected chi connectivity index (χ4v) is 5.30. The summed E-state index contributed by atoms with van der Waals surface area (Å²) < 4.78 is 26.8. The van der Waals surface area contributed by atoms with Crippen LogP contribution in [0.5, 0.6) is 0 Å². The van der Waals surface area contributed by atoms with Crippen LogP contribution in [-0.2, 0) is 42.9 Å². The molecule has 0 bridgehead atoms. The second-order valence-electron chi connectivity index (χ2n) is 7.34. The Morgan fingerprint density at radius 2 is 1.30 bits per heavy atom. The zero-order valence-corrected chi connectivity index (χ0v) is 20.6. The van der Waals surface area contributed by atoms with Crippen molar-refractivity contribution in [1.29, 1.82) is 0 Å². The summed E-state index contributed by atoms with van der Waals surface area (Å²) in [5.74, 6) is -2.75. The average Bonchev–Trinajstić information content (AvgIpc) is 2.70. The minimum atomic E-state index is -1.28. The van der Waals surface area contributed by atoms with E-state index in [1.807, 2.05) is 6.92 Å². The monoisotopic (exact) mass is 530 g/mol. The van der Waals surface area contributed by atoms with Crippen LogP contribution in [0.2, 0.25) is 0 Å². The molecule has 1 aromatic carbocycles. The minimum absolute atomic E-state index is 0.247. The summed E-state index contributed by atoms with van der Waals surface area (Å²) in [6.45, 7) is 6.19. The van der Waals surface area contributed by atoms with Crippen LogP contribution in [-0.4, -0.2) is 79.5 Å². The number of benzene rings is 1. The summed E-state index contributed by atoms with van der Waals surface area (Å²) in [5.41, 5.74) is 1.42. The van der Waals surface area contributed by atoms with Crippen molar-refractivity contribution in [2.24, 2.45) is 0 Å². The van der Waals surface area contributed by atoms with Crippen LogP contribution in [0.1, 0.15) is 43.6 Å². The van der Waals surface area contributed by atoms with Gasteiger partial charge in [0, 0.05) is 0 Å². The molecule has 0 radical (unpaired) electrons. The molecule has 2 rings (SSSR count). The average molecular weight is 529 g/mol. The van der Waals surface area contributed by atoms with E-state index in [2.05, 4.69) is 0 Å². The van der Waals surface area contributed by atoms with Gasteiger partial charge < -0.3 is 0 Å². The molecule has 10 nitrogen and oxygen atoms in total. The molecule has 1 heterocycles. The van der Waals surface area contributed by atoms with E-state index >= 15 is 0 Å². The Kier molecular flexibility index (Phi) is 9.57. The van der Waals surface area contributed by atoms with Crippen LogP contribution in [0, 0.1) is 6.92 Å². The first-order chi connectivity index (χ1) is 15.5. The molecule has 0 amide bonds. The standard InChI is InChI=1S/C22H26O10Se/c1-11-6-8-16(9-7-11)21(27)33-22-20(31-15(5)26)19(30-14(4)25)18(29-13(3)24)17(32-22)10-28-12(2)23/h6-9,17-20,22H,10H2,1-5H3/t17-,18-,19+,20-,22-/m1/s1. The van der Waals surface area contributed by atoms with Crippen LogP contribution in [0.3, 0.4) is 0 Å². The van der Waals surface area contributed by atoms with E-state index < -0.39 is 68.3 Å².